The minimum absolute atomic E-state index is 0.292. The highest BCUT2D eigenvalue weighted by Gasteiger charge is 2.28. The standard InChI is InChI=1S/C15H21NO2S2/c17-20(18)8-6-12(11-20)9-16-15-10-19-7-5-13-3-1-2-4-14(13)15/h1-4,12,15-16H,5-11H2/t12-,15+/m0/s1. The molecule has 0 aromatic heterocycles. The molecule has 1 fully saturated rings. The first-order chi connectivity index (χ1) is 9.64. The summed E-state index contributed by atoms with van der Waals surface area (Å²) in [6.07, 6.45) is 1.95. The molecule has 1 saturated heterocycles. The topological polar surface area (TPSA) is 46.2 Å². The van der Waals surface area contributed by atoms with Gasteiger partial charge in [0, 0.05) is 11.8 Å². The molecule has 1 N–H and O–H groups in total. The van der Waals surface area contributed by atoms with Gasteiger partial charge in [0.15, 0.2) is 9.84 Å². The molecule has 2 aliphatic heterocycles. The molecule has 0 aliphatic carbocycles. The van der Waals surface area contributed by atoms with Crippen LogP contribution in [0.25, 0.3) is 0 Å². The first-order valence-corrected chi connectivity index (χ1v) is 10.2. The fraction of sp³-hybridized carbons (Fsp3) is 0.600. The fourth-order valence-electron chi connectivity index (χ4n) is 3.09. The Labute approximate surface area is 125 Å². The Balaban J connectivity index is 1.66. The van der Waals surface area contributed by atoms with Crippen molar-refractivity contribution >= 4 is 21.6 Å². The minimum atomic E-state index is -2.76. The van der Waals surface area contributed by atoms with Gasteiger partial charge < -0.3 is 5.32 Å². The number of benzene rings is 1. The van der Waals surface area contributed by atoms with Crippen molar-refractivity contribution in [3.8, 4) is 0 Å². The second-order valence-corrected chi connectivity index (χ2v) is 9.13. The Morgan fingerprint density at radius 2 is 2.15 bits per heavy atom. The zero-order valence-electron chi connectivity index (χ0n) is 11.5. The van der Waals surface area contributed by atoms with Crippen LogP contribution in [0.5, 0.6) is 0 Å². The lowest BCUT2D eigenvalue weighted by Crippen LogP contribution is -2.29. The SMILES string of the molecule is O=S1(=O)CC[C@@H](CN[C@@H]2CSCCc3ccccc32)C1. The lowest BCUT2D eigenvalue weighted by molar-refractivity contribution is 0.479. The molecule has 1 aromatic carbocycles. The van der Waals surface area contributed by atoms with Crippen molar-refractivity contribution < 1.29 is 8.42 Å². The third-order valence-corrected chi connectivity index (χ3v) is 7.11. The highest BCUT2D eigenvalue weighted by molar-refractivity contribution is 7.99. The van der Waals surface area contributed by atoms with Crippen molar-refractivity contribution in [2.24, 2.45) is 5.92 Å². The quantitative estimate of drug-likeness (QED) is 0.928. The largest absolute Gasteiger partial charge is 0.309 e. The van der Waals surface area contributed by atoms with Gasteiger partial charge in [0.2, 0.25) is 0 Å². The Hall–Kier alpha value is -0.520. The van der Waals surface area contributed by atoms with Crippen molar-refractivity contribution in [1.29, 1.82) is 0 Å². The number of hydrogen-bond donors (Lipinski definition) is 1. The first kappa shape index (κ1) is 14.4. The molecular formula is C15H21NO2S2. The number of sulfone groups is 1. The van der Waals surface area contributed by atoms with Crippen LogP contribution in [0.1, 0.15) is 23.6 Å². The summed E-state index contributed by atoms with van der Waals surface area (Å²) in [5.41, 5.74) is 2.84. The molecular weight excluding hydrogens is 290 g/mol. The van der Waals surface area contributed by atoms with Gasteiger partial charge in [0.05, 0.1) is 11.5 Å². The molecule has 0 spiro atoms. The molecule has 0 bridgehead atoms. The van der Waals surface area contributed by atoms with Crippen LogP contribution >= 0.6 is 11.8 Å². The van der Waals surface area contributed by atoms with Crippen LogP contribution in [0, 0.1) is 5.92 Å². The molecule has 0 amide bonds. The van der Waals surface area contributed by atoms with E-state index in [0.717, 1.165) is 25.1 Å². The van der Waals surface area contributed by atoms with Crippen LogP contribution in [0.2, 0.25) is 0 Å². The van der Waals surface area contributed by atoms with Gasteiger partial charge in [0.1, 0.15) is 0 Å². The summed E-state index contributed by atoms with van der Waals surface area (Å²) in [6.45, 7) is 0.818. The second-order valence-electron chi connectivity index (χ2n) is 5.75. The maximum absolute atomic E-state index is 11.5. The molecule has 0 radical (unpaired) electrons. The Bertz CT molecular complexity index is 571. The molecule has 20 heavy (non-hydrogen) atoms. The van der Waals surface area contributed by atoms with Crippen LogP contribution in [-0.4, -0.2) is 38.0 Å². The van der Waals surface area contributed by atoms with Crippen LogP contribution in [0.3, 0.4) is 0 Å². The monoisotopic (exact) mass is 311 g/mol. The lowest BCUT2D eigenvalue weighted by Gasteiger charge is -2.20. The van der Waals surface area contributed by atoms with Gasteiger partial charge in [-0.3, -0.25) is 0 Å². The van der Waals surface area contributed by atoms with Gasteiger partial charge in [-0.05, 0) is 42.2 Å². The Morgan fingerprint density at radius 1 is 1.30 bits per heavy atom. The third kappa shape index (κ3) is 3.38. The molecule has 0 saturated carbocycles. The van der Waals surface area contributed by atoms with Gasteiger partial charge in [-0.25, -0.2) is 8.42 Å². The van der Waals surface area contributed by atoms with Crippen molar-refractivity contribution in [1.82, 2.24) is 5.32 Å². The summed E-state index contributed by atoms with van der Waals surface area (Å²) in [5.74, 6) is 3.28. The summed E-state index contributed by atoms with van der Waals surface area (Å²) in [7, 11) is -2.76. The molecule has 2 atom stereocenters. The van der Waals surface area contributed by atoms with Gasteiger partial charge in [0.25, 0.3) is 0 Å². The van der Waals surface area contributed by atoms with E-state index in [0.29, 0.717) is 23.5 Å². The predicted octanol–water partition coefficient (Wildman–Crippen LogP) is 2.04. The van der Waals surface area contributed by atoms with Crippen molar-refractivity contribution in [3.63, 3.8) is 0 Å². The molecule has 0 unspecified atom stereocenters. The number of nitrogens with one attached hydrogen (secondary N) is 1. The van der Waals surface area contributed by atoms with Crippen molar-refractivity contribution in [2.45, 2.75) is 18.9 Å². The Kier molecular flexibility index (Phi) is 4.38. The van der Waals surface area contributed by atoms with Gasteiger partial charge >= 0.3 is 0 Å². The fourth-order valence-corrected chi connectivity index (χ4v) is 6.01. The zero-order valence-corrected chi connectivity index (χ0v) is 13.2. The van der Waals surface area contributed by atoms with E-state index >= 15 is 0 Å². The minimum Gasteiger partial charge on any atom is -0.309 e. The van der Waals surface area contributed by atoms with E-state index < -0.39 is 9.84 Å². The van der Waals surface area contributed by atoms with Crippen LogP contribution in [0.4, 0.5) is 0 Å². The van der Waals surface area contributed by atoms with Crippen molar-refractivity contribution in [3.05, 3.63) is 35.4 Å². The summed E-state index contributed by atoms with van der Waals surface area (Å²) >= 11 is 1.98. The van der Waals surface area contributed by atoms with Crippen LogP contribution in [-0.2, 0) is 16.3 Å². The Morgan fingerprint density at radius 3 is 2.95 bits per heavy atom. The van der Waals surface area contributed by atoms with E-state index in [1.165, 1.54) is 16.9 Å². The summed E-state index contributed by atoms with van der Waals surface area (Å²) in [6, 6.07) is 9.00. The van der Waals surface area contributed by atoms with E-state index in [2.05, 4.69) is 29.6 Å². The molecule has 1 aromatic rings. The molecule has 3 nitrogen and oxygen atoms in total. The number of aryl methyl sites for hydroxylation is 1. The normalized spacial score (nSPS) is 28.8. The number of fused-ring (bicyclic) bond motifs is 1. The number of rotatable bonds is 3. The summed E-state index contributed by atoms with van der Waals surface area (Å²) in [5, 5.41) is 3.61. The van der Waals surface area contributed by atoms with E-state index in [-0.39, 0.29) is 0 Å². The summed E-state index contributed by atoms with van der Waals surface area (Å²) < 4.78 is 23.0. The van der Waals surface area contributed by atoms with Gasteiger partial charge in [-0.1, -0.05) is 24.3 Å². The second kappa shape index (κ2) is 6.08. The molecule has 2 aliphatic rings. The van der Waals surface area contributed by atoms with Gasteiger partial charge in [-0.15, -0.1) is 0 Å². The maximum Gasteiger partial charge on any atom is 0.150 e. The smallest absolute Gasteiger partial charge is 0.150 e. The lowest BCUT2D eigenvalue weighted by atomic mass is 9.99. The van der Waals surface area contributed by atoms with E-state index in [1.807, 2.05) is 11.8 Å². The average molecular weight is 311 g/mol. The van der Waals surface area contributed by atoms with Crippen LogP contribution < -0.4 is 5.32 Å². The molecule has 2 heterocycles. The molecule has 5 heteroatoms. The molecule has 110 valence electrons. The van der Waals surface area contributed by atoms with Crippen LogP contribution in [0.15, 0.2) is 24.3 Å². The highest BCUT2D eigenvalue weighted by atomic mass is 32.2. The van der Waals surface area contributed by atoms with E-state index in [1.54, 1.807) is 0 Å². The number of hydrogen-bond acceptors (Lipinski definition) is 4. The predicted molar refractivity (Wildman–Crippen MR) is 85.0 cm³/mol. The summed E-state index contributed by atoms with van der Waals surface area (Å²) in [4.78, 5) is 0. The third-order valence-electron chi connectivity index (χ3n) is 4.21. The zero-order chi connectivity index (χ0) is 14.0. The van der Waals surface area contributed by atoms with E-state index in [4.69, 9.17) is 0 Å². The first-order valence-electron chi connectivity index (χ1n) is 7.23. The molecule has 3 rings (SSSR count). The average Bonchev–Trinajstić information content (AvgIpc) is 2.67. The number of thioether (sulfide) groups is 1. The highest BCUT2D eigenvalue weighted by Crippen LogP contribution is 2.28. The van der Waals surface area contributed by atoms with Crippen molar-refractivity contribution in [2.75, 3.05) is 29.6 Å². The maximum atomic E-state index is 11.5. The van der Waals surface area contributed by atoms with Gasteiger partial charge in [-0.2, -0.15) is 11.8 Å². The van der Waals surface area contributed by atoms with E-state index in [9.17, 15) is 8.42 Å².